The molecular weight excluding hydrogens is 1730 g/mol. The lowest BCUT2D eigenvalue weighted by Gasteiger charge is -2.21. The van der Waals surface area contributed by atoms with Gasteiger partial charge in [-0.3, -0.25) is 4.99 Å². The zero-order valence-corrected chi connectivity index (χ0v) is 79.1. The van der Waals surface area contributed by atoms with E-state index in [1.807, 2.05) is 200 Å². The van der Waals surface area contributed by atoms with Crippen LogP contribution in [0.25, 0.3) is 24.2 Å². The van der Waals surface area contributed by atoms with Crippen LogP contribution in [-0.4, -0.2) is 91.3 Å². The van der Waals surface area contributed by atoms with Gasteiger partial charge in [0.2, 0.25) is 6.54 Å². The molecule has 9 rings (SSSR count). The van der Waals surface area contributed by atoms with Crippen LogP contribution in [0, 0.1) is 103 Å². The summed E-state index contributed by atoms with van der Waals surface area (Å²) in [5, 5.41) is 60.6. The summed E-state index contributed by atoms with van der Waals surface area (Å²) in [5.74, 6) is -1.11. The molecule has 1 aliphatic heterocycles. The number of esters is 4. The summed E-state index contributed by atoms with van der Waals surface area (Å²) < 4.78 is 20.3. The highest BCUT2D eigenvalue weighted by atomic mass is 79.9. The Bertz CT molecular complexity index is 5250. The summed E-state index contributed by atoms with van der Waals surface area (Å²) in [4.78, 5) is 74.6. The number of nitriles is 5. The number of halogens is 3. The lowest BCUT2D eigenvalue weighted by molar-refractivity contribution is 0.0591. The lowest BCUT2D eigenvalue weighted by Crippen LogP contribution is -2.19. The van der Waals surface area contributed by atoms with Gasteiger partial charge in [-0.25, -0.2) is 66.7 Å². The molecule has 0 radical (unpaired) electrons. The zero-order chi connectivity index (χ0) is 95.1. The third-order valence-corrected chi connectivity index (χ3v) is 20.9. The molecule has 0 atom stereocenters. The van der Waals surface area contributed by atoms with Crippen molar-refractivity contribution in [3.63, 3.8) is 0 Å². The number of rotatable bonds is 20. The van der Waals surface area contributed by atoms with Crippen LogP contribution in [0.2, 0.25) is 0 Å². The third kappa shape index (κ3) is 34.0. The van der Waals surface area contributed by atoms with Crippen LogP contribution in [0.5, 0.6) is 0 Å². The van der Waals surface area contributed by atoms with E-state index >= 15 is 0 Å². The van der Waals surface area contributed by atoms with Crippen molar-refractivity contribution in [2.45, 2.75) is 211 Å². The van der Waals surface area contributed by atoms with E-state index in [2.05, 4.69) is 115 Å². The number of hydrogen-bond acceptors (Lipinski definition) is 18. The Morgan fingerprint density at radius 1 is 0.448 bits per heavy atom. The van der Waals surface area contributed by atoms with Crippen molar-refractivity contribution in [2.24, 2.45) is 9.98 Å². The van der Waals surface area contributed by atoms with Crippen molar-refractivity contribution in [3.05, 3.63) is 314 Å². The number of benzene rings is 7. The van der Waals surface area contributed by atoms with Crippen LogP contribution in [0.3, 0.4) is 0 Å². The number of carbonyl (C=O) groups excluding carboxylic acids is 4. The molecule has 24 nitrogen and oxygen atoms in total. The number of carbonyl (C=O) groups is 4. The SMILES string of the molecule is C1=NC=NC1.COC(=O)c1cc(C)cc(C)c1.COC(=O)c1cc(CBr)cc(CBr)c1.[C-]#[N+]C(C)(C)c1cc(C(=O)OC)cc(C(C)(C)C#N)c1.[C-]#[N+]C(C)(C)c1cc(CCl)cc(C(C)(C)C#N)c1.[C-]#[N+]C(C)(C)c1cc(CO)cc(C(C)(C)C#N)c1.[C-]#[N+]C(C)(C)c1cc(Cn2cncn2)cc(C(C)(C)C#N)c1.[C-]#[N+]Cc1cc(CC#N)cc(C(=O)OC)c1. The summed E-state index contributed by atoms with van der Waals surface area (Å²) in [5.41, 5.74) is 12.0. The first-order chi connectivity index (χ1) is 58.5. The van der Waals surface area contributed by atoms with Gasteiger partial charge >= 0.3 is 23.9 Å². The maximum atomic E-state index is 11.8. The number of aryl methyl sites for hydroxylation is 2. The van der Waals surface area contributed by atoms with Gasteiger partial charge in [-0.2, -0.15) is 31.4 Å². The maximum Gasteiger partial charge on any atom is 0.337 e. The fourth-order valence-electron chi connectivity index (χ4n) is 11.0. The second-order valence-electron chi connectivity index (χ2n) is 32.7. The largest absolute Gasteiger partial charge is 0.465 e. The van der Waals surface area contributed by atoms with Crippen LogP contribution in [0.4, 0.5) is 0 Å². The number of aliphatic hydroxyl groups is 1. The first-order valence-electron chi connectivity index (χ1n) is 38.8. The number of aromatic nitrogens is 3. The molecule has 2 heterocycles. The van der Waals surface area contributed by atoms with E-state index in [4.69, 9.17) is 54.5 Å². The zero-order valence-electron chi connectivity index (χ0n) is 75.1. The van der Waals surface area contributed by atoms with Gasteiger partial charge in [-0.05, 0) is 222 Å². The Morgan fingerprint density at radius 2 is 0.776 bits per heavy atom. The van der Waals surface area contributed by atoms with Gasteiger partial charge in [-0.1, -0.05) is 73.3 Å². The average molecular weight is 1840 g/mol. The number of hydrogen-bond donors (Lipinski definition) is 1. The quantitative estimate of drug-likeness (QED) is 0.0321. The maximum absolute atomic E-state index is 11.8. The van der Waals surface area contributed by atoms with Crippen molar-refractivity contribution < 1.29 is 43.2 Å². The summed E-state index contributed by atoms with van der Waals surface area (Å²) >= 11 is 12.6. The Kier molecular flexibility index (Phi) is 43.2. The third-order valence-electron chi connectivity index (χ3n) is 19.3. The fourth-order valence-corrected chi connectivity index (χ4v) is 11.8. The van der Waals surface area contributed by atoms with Gasteiger partial charge in [0.05, 0.1) is 129 Å². The van der Waals surface area contributed by atoms with Gasteiger partial charge in [0.15, 0.2) is 0 Å². The van der Waals surface area contributed by atoms with E-state index in [0.717, 1.165) is 101 Å². The topological polar surface area (TPSA) is 322 Å². The van der Waals surface area contributed by atoms with E-state index in [0.29, 0.717) is 45.8 Å². The monoisotopic (exact) mass is 1830 g/mol. The molecule has 0 unspecified atom stereocenters. The minimum Gasteiger partial charge on any atom is -0.465 e. The van der Waals surface area contributed by atoms with Gasteiger partial charge in [-0.15, -0.1) is 11.6 Å². The number of methoxy groups -OCH3 is 4. The molecule has 0 fully saturated rings. The van der Waals surface area contributed by atoms with Crippen molar-refractivity contribution in [1.29, 1.82) is 26.3 Å². The summed E-state index contributed by atoms with van der Waals surface area (Å²) in [6.07, 6.45) is 6.69. The number of aliphatic imine (C=N–C) groups is 2. The van der Waals surface area contributed by atoms with Crippen LogP contribution in [0.15, 0.2) is 150 Å². The number of nitrogens with zero attached hydrogens (tertiary/aromatic N) is 15. The van der Waals surface area contributed by atoms with E-state index in [1.165, 1.54) is 34.8 Å². The molecule has 0 saturated carbocycles. The second kappa shape index (κ2) is 49.9. The lowest BCUT2D eigenvalue weighted by atomic mass is 9.81. The molecule has 650 valence electrons. The molecule has 27 heteroatoms. The molecule has 1 aliphatic rings. The van der Waals surface area contributed by atoms with Crippen molar-refractivity contribution in [3.8, 4) is 30.3 Å². The molecule has 0 spiro atoms. The highest BCUT2D eigenvalue weighted by Gasteiger charge is 2.35. The van der Waals surface area contributed by atoms with Gasteiger partial charge in [0, 0.05) is 106 Å². The van der Waals surface area contributed by atoms with Gasteiger partial charge in [0.1, 0.15) is 19.0 Å². The van der Waals surface area contributed by atoms with Crippen molar-refractivity contribution in [2.75, 3.05) is 35.0 Å². The van der Waals surface area contributed by atoms with Crippen molar-refractivity contribution >= 4 is 79.9 Å². The molecule has 0 bridgehead atoms. The Morgan fingerprint density at radius 3 is 1.10 bits per heavy atom. The first kappa shape index (κ1) is 108. The molecule has 1 aromatic heterocycles. The van der Waals surface area contributed by atoms with E-state index in [9.17, 15) is 45.3 Å². The number of ether oxygens (including phenoxy) is 4. The van der Waals surface area contributed by atoms with Crippen LogP contribution >= 0.6 is 43.5 Å². The molecule has 7 aromatic carbocycles. The molecule has 125 heavy (non-hydrogen) atoms. The van der Waals surface area contributed by atoms with Crippen LogP contribution in [-0.2, 0) is 105 Å². The number of alkyl halides is 3. The highest BCUT2D eigenvalue weighted by molar-refractivity contribution is 9.08. The second-order valence-corrected chi connectivity index (χ2v) is 34.1. The fraction of sp³-hybridized carbons (Fsp3) is 0.388. The molecular formula is C98H108Br2ClN15O9. The van der Waals surface area contributed by atoms with E-state index in [1.54, 1.807) is 81.6 Å². The number of aliphatic hydroxyl groups excluding tert-OH is 1. The summed E-state index contributed by atoms with van der Waals surface area (Å²) in [6, 6.07) is 49.9. The van der Waals surface area contributed by atoms with Gasteiger partial charge < -0.3 is 48.3 Å². The van der Waals surface area contributed by atoms with E-state index in [-0.39, 0.29) is 31.5 Å². The summed E-state index contributed by atoms with van der Waals surface area (Å²) in [7, 11) is 5.38. The minimum atomic E-state index is -0.760. The Labute approximate surface area is 759 Å². The van der Waals surface area contributed by atoms with Crippen LogP contribution in [0.1, 0.15) is 247 Å². The summed E-state index contributed by atoms with van der Waals surface area (Å²) in [6.45, 7) is 70.8. The van der Waals surface area contributed by atoms with Crippen LogP contribution < -0.4 is 0 Å². The predicted molar refractivity (Wildman–Crippen MR) is 494 cm³/mol. The molecule has 1 N–H and O–H groups in total. The van der Waals surface area contributed by atoms with Crippen molar-refractivity contribution in [1.82, 2.24) is 14.8 Å². The Balaban J connectivity index is 0.000000492. The predicted octanol–water partition coefficient (Wildman–Crippen LogP) is 21.6. The highest BCUT2D eigenvalue weighted by Crippen LogP contribution is 2.37. The normalized spacial score (nSPS) is 11.1. The van der Waals surface area contributed by atoms with Gasteiger partial charge in [0.25, 0.3) is 22.2 Å². The molecule has 8 aromatic rings. The molecule has 0 aliphatic carbocycles. The standard InChI is InChI=1S/C17H19N5.C16H18N2O2.C15H17ClN2.C15H18N2O.C12H10N2O2.C10H10Br2O2.C10H12O2.C3H4N2/c1-16(2,10-18)14-6-13(9-22-12-20-11-21-22)7-15(8-14)17(3,4)19-5;1-15(2,10-17)12-7-11(14(19)20-6)8-13(9-12)16(3,4)18-5;1-14(2,10-17)12-6-11(9-16)7-13(8-12)15(3,4)18-5;1-14(2,10-16)12-6-11(9-18)7-13(8-12)15(3,4)17-5;1-14-8-10-5-9(3-4-13)6-11(7-10)12(15)16-2;1-14-10(13)9-3-7(5-11)2-8(4-9)6-12;1-7-4-8(2)6-9(5-7)10(11)12-3;1-2-5-3-4-1/h6-8,11-12H,9H2,1-4H3;7-9H,1-4,6H3;6-8H,9H2,1-4H3;6-8,18H,9H2,1-4H3;5-7H,3,8H2,2H3;2-4H,5-6H2,1H3;4-6H,1-3H3;1,3H,2H2. The Hall–Kier alpha value is -13.0. The molecule has 0 saturated heterocycles. The smallest absolute Gasteiger partial charge is 0.337 e. The van der Waals surface area contributed by atoms with E-state index < -0.39 is 55.8 Å². The minimum absolute atomic E-state index is 0.0869. The average Bonchev–Trinajstić information content (AvgIpc) is 1.27. The first-order valence-corrected chi connectivity index (χ1v) is 41.6. The molecule has 0 amide bonds.